The molecule has 0 unspecified atom stereocenters. The van der Waals surface area contributed by atoms with Gasteiger partial charge >= 0.3 is 5.97 Å². The fourth-order valence-corrected chi connectivity index (χ4v) is 2.38. The third-order valence-electron chi connectivity index (χ3n) is 3.32. The second kappa shape index (κ2) is 7.05. The third kappa shape index (κ3) is 4.66. The lowest BCUT2D eigenvalue weighted by Gasteiger charge is -2.11. The molecule has 5 heteroatoms. The smallest absolute Gasteiger partial charge is 0.307 e. The molecule has 0 bridgehead atoms. The van der Waals surface area contributed by atoms with Crippen LogP contribution in [0.4, 0.5) is 5.69 Å². The van der Waals surface area contributed by atoms with Crippen LogP contribution in [-0.4, -0.2) is 29.7 Å². The summed E-state index contributed by atoms with van der Waals surface area (Å²) in [6, 6.07) is 6.85. The Bertz CT molecular complexity index is 481. The van der Waals surface area contributed by atoms with Crippen molar-refractivity contribution in [3.05, 3.63) is 29.8 Å². The van der Waals surface area contributed by atoms with Crippen LogP contribution in [0, 0.1) is 0 Å². The van der Waals surface area contributed by atoms with E-state index in [0.29, 0.717) is 11.3 Å². The molecular weight excluding hydrogens is 258 g/mol. The molecule has 108 valence electrons. The SMILES string of the molecule is O=C(O)Cc1cccc(NC(=O)COC2CCCC2)c1. The van der Waals surface area contributed by atoms with Gasteiger partial charge in [-0.05, 0) is 30.5 Å². The highest BCUT2D eigenvalue weighted by Crippen LogP contribution is 2.20. The highest BCUT2D eigenvalue weighted by atomic mass is 16.5. The third-order valence-corrected chi connectivity index (χ3v) is 3.32. The standard InChI is InChI=1S/C15H19NO4/c17-14(10-20-13-6-1-2-7-13)16-12-5-3-4-11(8-12)9-15(18)19/h3-5,8,13H,1-2,6-7,9-10H2,(H,16,17)(H,18,19). The van der Waals surface area contributed by atoms with Crippen LogP contribution in [0.2, 0.25) is 0 Å². The van der Waals surface area contributed by atoms with Crippen molar-refractivity contribution in [2.45, 2.75) is 38.2 Å². The quantitative estimate of drug-likeness (QED) is 0.836. The minimum Gasteiger partial charge on any atom is -0.481 e. The maximum atomic E-state index is 11.8. The maximum absolute atomic E-state index is 11.8. The number of nitrogens with one attached hydrogen (secondary N) is 1. The summed E-state index contributed by atoms with van der Waals surface area (Å²) in [7, 11) is 0. The molecule has 1 aromatic carbocycles. The van der Waals surface area contributed by atoms with Crippen LogP contribution in [0.25, 0.3) is 0 Å². The van der Waals surface area contributed by atoms with Gasteiger partial charge in [-0.3, -0.25) is 9.59 Å². The monoisotopic (exact) mass is 277 g/mol. The van der Waals surface area contributed by atoms with Crippen LogP contribution < -0.4 is 5.32 Å². The molecule has 0 saturated heterocycles. The van der Waals surface area contributed by atoms with E-state index in [1.807, 2.05) is 0 Å². The van der Waals surface area contributed by atoms with Crippen molar-refractivity contribution in [1.82, 2.24) is 0 Å². The lowest BCUT2D eigenvalue weighted by molar-refractivity contribution is -0.136. The highest BCUT2D eigenvalue weighted by Gasteiger charge is 2.16. The zero-order valence-electron chi connectivity index (χ0n) is 11.3. The fraction of sp³-hybridized carbons (Fsp3) is 0.467. The van der Waals surface area contributed by atoms with Gasteiger partial charge < -0.3 is 15.2 Å². The number of anilines is 1. The van der Waals surface area contributed by atoms with Crippen molar-refractivity contribution >= 4 is 17.6 Å². The Morgan fingerprint density at radius 2 is 2.05 bits per heavy atom. The predicted molar refractivity (Wildman–Crippen MR) is 74.6 cm³/mol. The van der Waals surface area contributed by atoms with E-state index in [-0.39, 0.29) is 25.0 Å². The average Bonchev–Trinajstić information content (AvgIpc) is 2.89. The van der Waals surface area contributed by atoms with Crippen molar-refractivity contribution < 1.29 is 19.4 Å². The van der Waals surface area contributed by atoms with Crippen LogP contribution in [0.5, 0.6) is 0 Å². The van der Waals surface area contributed by atoms with Gasteiger partial charge in [-0.1, -0.05) is 25.0 Å². The summed E-state index contributed by atoms with van der Waals surface area (Å²) in [5, 5.41) is 11.5. The lowest BCUT2D eigenvalue weighted by atomic mass is 10.1. The molecule has 0 radical (unpaired) electrons. The van der Waals surface area contributed by atoms with Crippen molar-refractivity contribution in [2.75, 3.05) is 11.9 Å². The van der Waals surface area contributed by atoms with Crippen molar-refractivity contribution in [2.24, 2.45) is 0 Å². The van der Waals surface area contributed by atoms with Gasteiger partial charge in [-0.15, -0.1) is 0 Å². The number of hydrogen-bond acceptors (Lipinski definition) is 3. The molecule has 1 aliphatic carbocycles. The molecule has 0 aromatic heterocycles. The molecule has 1 fully saturated rings. The minimum atomic E-state index is -0.891. The second-order valence-corrected chi connectivity index (χ2v) is 5.04. The van der Waals surface area contributed by atoms with Gasteiger partial charge in [0.25, 0.3) is 0 Å². The lowest BCUT2D eigenvalue weighted by Crippen LogP contribution is -2.22. The molecular formula is C15H19NO4. The van der Waals surface area contributed by atoms with E-state index < -0.39 is 5.97 Å². The van der Waals surface area contributed by atoms with Crippen molar-refractivity contribution in [3.8, 4) is 0 Å². The number of amides is 1. The summed E-state index contributed by atoms with van der Waals surface area (Å²) < 4.78 is 5.53. The summed E-state index contributed by atoms with van der Waals surface area (Å²) >= 11 is 0. The van der Waals surface area contributed by atoms with Crippen LogP contribution in [0.1, 0.15) is 31.2 Å². The van der Waals surface area contributed by atoms with Gasteiger partial charge in [0.2, 0.25) is 5.91 Å². The van der Waals surface area contributed by atoms with Gasteiger partial charge in [0.05, 0.1) is 12.5 Å². The molecule has 0 spiro atoms. The number of carboxylic acids is 1. The predicted octanol–water partition coefficient (Wildman–Crippen LogP) is 2.21. The normalized spacial score (nSPS) is 15.2. The maximum Gasteiger partial charge on any atom is 0.307 e. The first kappa shape index (κ1) is 14.5. The minimum absolute atomic E-state index is 0.0494. The number of rotatable bonds is 6. The summed E-state index contributed by atoms with van der Waals surface area (Å²) in [6.07, 6.45) is 4.55. The number of carbonyl (C=O) groups excluding carboxylic acids is 1. The molecule has 5 nitrogen and oxygen atoms in total. The molecule has 0 atom stereocenters. The van der Waals surface area contributed by atoms with E-state index in [1.54, 1.807) is 24.3 Å². The average molecular weight is 277 g/mol. The van der Waals surface area contributed by atoms with Crippen molar-refractivity contribution in [3.63, 3.8) is 0 Å². The van der Waals surface area contributed by atoms with E-state index in [1.165, 1.54) is 12.8 Å². The van der Waals surface area contributed by atoms with E-state index in [0.717, 1.165) is 12.8 Å². The summed E-state index contributed by atoms with van der Waals surface area (Å²) in [6.45, 7) is 0.0494. The van der Waals surface area contributed by atoms with Gasteiger partial charge in [0.1, 0.15) is 6.61 Å². The largest absolute Gasteiger partial charge is 0.481 e. The molecule has 1 aliphatic rings. The molecule has 0 heterocycles. The Labute approximate surface area is 117 Å². The second-order valence-electron chi connectivity index (χ2n) is 5.04. The number of benzene rings is 1. The number of hydrogen-bond donors (Lipinski definition) is 2. The molecule has 2 rings (SSSR count). The van der Waals surface area contributed by atoms with Crippen LogP contribution in [0.15, 0.2) is 24.3 Å². The molecule has 0 aliphatic heterocycles. The van der Waals surface area contributed by atoms with Crippen LogP contribution in [0.3, 0.4) is 0 Å². The van der Waals surface area contributed by atoms with Gasteiger partial charge in [-0.2, -0.15) is 0 Å². The summed E-state index contributed by atoms with van der Waals surface area (Å²) in [5.74, 6) is -1.09. The zero-order chi connectivity index (χ0) is 14.4. The number of carboxylic acid groups (broad SMARTS) is 1. The Hall–Kier alpha value is -1.88. The van der Waals surface area contributed by atoms with E-state index >= 15 is 0 Å². The van der Waals surface area contributed by atoms with Crippen LogP contribution in [-0.2, 0) is 20.7 Å². The highest BCUT2D eigenvalue weighted by molar-refractivity contribution is 5.91. The first-order valence-corrected chi connectivity index (χ1v) is 6.85. The molecule has 20 heavy (non-hydrogen) atoms. The van der Waals surface area contributed by atoms with Gasteiger partial charge in [0.15, 0.2) is 0 Å². The van der Waals surface area contributed by atoms with Crippen molar-refractivity contribution in [1.29, 1.82) is 0 Å². The Balaban J connectivity index is 1.82. The van der Waals surface area contributed by atoms with Gasteiger partial charge in [-0.25, -0.2) is 0 Å². The summed E-state index contributed by atoms with van der Waals surface area (Å²) in [5.41, 5.74) is 1.26. The zero-order valence-corrected chi connectivity index (χ0v) is 11.3. The molecule has 1 amide bonds. The fourth-order valence-electron chi connectivity index (χ4n) is 2.38. The topological polar surface area (TPSA) is 75.6 Å². The first-order chi connectivity index (χ1) is 9.63. The summed E-state index contributed by atoms with van der Waals surface area (Å²) in [4.78, 5) is 22.4. The van der Waals surface area contributed by atoms with Crippen LogP contribution >= 0.6 is 0 Å². The first-order valence-electron chi connectivity index (χ1n) is 6.85. The number of ether oxygens (including phenoxy) is 1. The van der Waals surface area contributed by atoms with E-state index in [4.69, 9.17) is 9.84 Å². The number of aliphatic carboxylic acids is 1. The Morgan fingerprint density at radius 1 is 1.30 bits per heavy atom. The molecule has 2 N–H and O–H groups in total. The molecule has 1 saturated carbocycles. The van der Waals surface area contributed by atoms with E-state index in [9.17, 15) is 9.59 Å². The molecule has 1 aromatic rings. The Morgan fingerprint density at radius 3 is 2.75 bits per heavy atom. The number of carbonyl (C=O) groups is 2. The Kier molecular flexibility index (Phi) is 5.12. The van der Waals surface area contributed by atoms with E-state index in [2.05, 4.69) is 5.32 Å². The van der Waals surface area contributed by atoms with Gasteiger partial charge in [0, 0.05) is 5.69 Å².